The molecule has 0 bridgehead atoms. The number of aromatic nitrogens is 1. The number of amides is 2. The van der Waals surface area contributed by atoms with Gasteiger partial charge in [0.05, 0.1) is 17.6 Å². The van der Waals surface area contributed by atoms with Gasteiger partial charge in [-0.05, 0) is 56.7 Å². The Bertz CT molecular complexity index is 1070. The number of rotatable bonds is 5. The topological polar surface area (TPSA) is 88.1 Å². The van der Waals surface area contributed by atoms with Gasteiger partial charge in [0.2, 0.25) is 0 Å². The van der Waals surface area contributed by atoms with E-state index in [1.165, 1.54) is 12.1 Å². The number of nitrogens with one attached hydrogen (secondary N) is 2. The summed E-state index contributed by atoms with van der Waals surface area (Å²) in [5, 5.41) is 6.73. The van der Waals surface area contributed by atoms with Gasteiger partial charge in [-0.2, -0.15) is 13.2 Å². The monoisotopic (exact) mass is 509 g/mol. The maximum Gasteiger partial charge on any atom is 0.444 e. The molecule has 0 spiro atoms. The van der Waals surface area contributed by atoms with Crippen molar-refractivity contribution >= 4 is 12.2 Å². The van der Waals surface area contributed by atoms with Crippen LogP contribution >= 0.6 is 0 Å². The molecule has 2 saturated heterocycles. The van der Waals surface area contributed by atoms with Crippen molar-refractivity contribution in [2.24, 2.45) is 0 Å². The second kappa shape index (κ2) is 10.0. The molecular weight excluding hydrogens is 479 g/mol. The fourth-order valence-electron chi connectivity index (χ4n) is 3.84. The zero-order valence-corrected chi connectivity index (χ0v) is 20.3. The number of halogens is 3. The number of carbonyl (C=O) groups excluding carboxylic acids is 2. The maximum absolute atomic E-state index is 12.8. The molecule has 0 saturated carbocycles. The predicted octanol–water partition coefficient (Wildman–Crippen LogP) is 3.53. The van der Waals surface area contributed by atoms with Crippen LogP contribution in [-0.4, -0.2) is 70.6 Å². The van der Waals surface area contributed by atoms with Crippen molar-refractivity contribution in [2.75, 3.05) is 26.2 Å². The largest absolute Gasteiger partial charge is 0.444 e. The smallest absolute Gasteiger partial charge is 0.442 e. The van der Waals surface area contributed by atoms with E-state index in [2.05, 4.69) is 15.5 Å². The molecule has 0 radical (unpaired) electrons. The van der Waals surface area contributed by atoms with Crippen LogP contribution in [0, 0.1) is 0 Å². The minimum Gasteiger partial charge on any atom is -0.442 e. The minimum absolute atomic E-state index is 0.0374. The molecule has 3 heterocycles. The van der Waals surface area contributed by atoms with Crippen LogP contribution in [0.1, 0.15) is 31.9 Å². The number of hydrogen-bond donors (Lipinski definition) is 2. The van der Waals surface area contributed by atoms with Crippen molar-refractivity contribution in [3.63, 3.8) is 0 Å². The molecule has 36 heavy (non-hydrogen) atoms. The van der Waals surface area contributed by atoms with E-state index in [4.69, 9.17) is 9.57 Å². The molecule has 2 N–H and O–H groups in total. The summed E-state index contributed by atoms with van der Waals surface area (Å²) < 4.78 is 45.6. The highest BCUT2D eigenvalue weighted by Crippen LogP contribution is 2.30. The predicted molar refractivity (Wildman–Crippen MR) is 124 cm³/mol. The first-order valence-corrected chi connectivity index (χ1v) is 11.7. The number of carbonyl (C=O) groups is 2. The van der Waals surface area contributed by atoms with E-state index >= 15 is 0 Å². The van der Waals surface area contributed by atoms with Crippen LogP contribution in [0.4, 0.5) is 22.8 Å². The zero-order chi connectivity index (χ0) is 26.1. The van der Waals surface area contributed by atoms with Crippen molar-refractivity contribution < 1.29 is 32.3 Å². The van der Waals surface area contributed by atoms with Crippen LogP contribution in [0.25, 0.3) is 5.69 Å². The average Bonchev–Trinajstić information content (AvgIpc) is 3.18. The number of alkyl halides is 3. The summed E-state index contributed by atoms with van der Waals surface area (Å²) in [5.74, 6) is 0. The Morgan fingerprint density at radius 3 is 2.33 bits per heavy atom. The van der Waals surface area contributed by atoms with Crippen molar-refractivity contribution in [3.8, 4) is 5.69 Å². The van der Waals surface area contributed by atoms with Crippen LogP contribution in [-0.2, 0) is 22.3 Å². The highest BCUT2D eigenvalue weighted by Gasteiger charge is 2.40. The van der Waals surface area contributed by atoms with E-state index < -0.39 is 29.5 Å². The van der Waals surface area contributed by atoms with Gasteiger partial charge in [-0.15, -0.1) is 5.06 Å². The molecular formula is C24H30F3N5O4. The molecule has 2 amide bonds. The first-order valence-electron chi connectivity index (χ1n) is 11.7. The molecule has 2 aliphatic rings. The van der Waals surface area contributed by atoms with E-state index in [1.807, 2.05) is 12.3 Å². The van der Waals surface area contributed by atoms with E-state index in [-0.39, 0.29) is 12.1 Å². The highest BCUT2D eigenvalue weighted by atomic mass is 19.4. The maximum atomic E-state index is 12.8. The van der Waals surface area contributed by atoms with E-state index in [0.717, 1.165) is 22.8 Å². The third-order valence-electron chi connectivity index (χ3n) is 5.78. The van der Waals surface area contributed by atoms with Gasteiger partial charge in [0.25, 0.3) is 0 Å². The van der Waals surface area contributed by atoms with Gasteiger partial charge >= 0.3 is 18.4 Å². The molecule has 0 atom stereocenters. The highest BCUT2D eigenvalue weighted by molar-refractivity contribution is 5.73. The molecule has 1 aromatic heterocycles. The molecule has 4 rings (SSSR count). The normalized spacial score (nSPS) is 17.2. The van der Waals surface area contributed by atoms with Gasteiger partial charge in [-0.25, -0.2) is 9.59 Å². The van der Waals surface area contributed by atoms with Gasteiger partial charge in [0.15, 0.2) is 0 Å². The Hall–Kier alpha value is -3.25. The molecule has 2 aromatic rings. The zero-order valence-electron chi connectivity index (χ0n) is 20.3. The van der Waals surface area contributed by atoms with Crippen LogP contribution < -0.4 is 10.6 Å². The molecule has 9 nitrogen and oxygen atoms in total. The van der Waals surface area contributed by atoms with Gasteiger partial charge in [0, 0.05) is 50.8 Å². The quantitative estimate of drug-likeness (QED) is 0.600. The van der Waals surface area contributed by atoms with Crippen molar-refractivity contribution in [1.82, 2.24) is 25.2 Å². The molecule has 2 aliphatic heterocycles. The lowest BCUT2D eigenvalue weighted by atomic mass is 10.1. The number of ether oxygens (including phenoxy) is 1. The van der Waals surface area contributed by atoms with Crippen LogP contribution in [0.15, 0.2) is 42.7 Å². The fourth-order valence-corrected chi connectivity index (χ4v) is 3.84. The lowest BCUT2D eigenvalue weighted by Gasteiger charge is -2.43. The number of nitrogens with zero attached hydrogens (tertiary/aromatic N) is 3. The third kappa shape index (κ3) is 6.49. The summed E-state index contributed by atoms with van der Waals surface area (Å²) in [6.07, 6.45) is -2.19. The third-order valence-corrected chi connectivity index (χ3v) is 5.78. The fraction of sp³-hybridized carbons (Fsp3) is 0.500. The second-order valence-corrected chi connectivity index (χ2v) is 10.0. The lowest BCUT2D eigenvalue weighted by Crippen LogP contribution is -2.63. The van der Waals surface area contributed by atoms with Gasteiger partial charge < -0.3 is 24.8 Å². The Morgan fingerprint density at radius 1 is 1.11 bits per heavy atom. The Kier molecular flexibility index (Phi) is 7.19. The molecule has 0 unspecified atom stereocenters. The average molecular weight is 510 g/mol. The second-order valence-electron chi connectivity index (χ2n) is 10.0. The standard InChI is InChI=1S/C24H30F3N5O4/c1-23(2,3)35-22(34)32(36-21(33)29-18-10-28-11-18)20-14-30(15-20)12-16-8-9-31(13-16)19-6-4-17(5-7-19)24(25,26)27/h4-9,13,18,20,28H,10-12,14-15H2,1-3H3,(H,29,33). The minimum atomic E-state index is -4.37. The van der Waals surface area contributed by atoms with E-state index in [0.29, 0.717) is 38.4 Å². The van der Waals surface area contributed by atoms with Crippen LogP contribution in [0.5, 0.6) is 0 Å². The number of likely N-dealkylation sites (tertiary alicyclic amines) is 1. The van der Waals surface area contributed by atoms with E-state index in [1.54, 1.807) is 31.5 Å². The van der Waals surface area contributed by atoms with Crippen LogP contribution in [0.2, 0.25) is 0 Å². The number of hydroxylamine groups is 2. The van der Waals surface area contributed by atoms with E-state index in [9.17, 15) is 22.8 Å². The van der Waals surface area contributed by atoms with Gasteiger partial charge in [0.1, 0.15) is 5.60 Å². The molecule has 0 aliphatic carbocycles. The Labute approximate surface area is 207 Å². The van der Waals surface area contributed by atoms with Crippen LogP contribution in [0.3, 0.4) is 0 Å². The summed E-state index contributed by atoms with van der Waals surface area (Å²) in [7, 11) is 0. The number of benzene rings is 1. The molecule has 2 fully saturated rings. The summed E-state index contributed by atoms with van der Waals surface area (Å²) >= 11 is 0. The first-order chi connectivity index (χ1) is 16.9. The van der Waals surface area contributed by atoms with Gasteiger partial charge in [-0.3, -0.25) is 4.90 Å². The number of hydrogen-bond acceptors (Lipinski definition) is 6. The Morgan fingerprint density at radius 2 is 1.78 bits per heavy atom. The summed E-state index contributed by atoms with van der Waals surface area (Å²) in [5.41, 5.74) is 0.124. The van der Waals surface area contributed by atoms with Crippen molar-refractivity contribution in [1.29, 1.82) is 0 Å². The van der Waals surface area contributed by atoms with Crippen molar-refractivity contribution in [3.05, 3.63) is 53.9 Å². The lowest BCUT2D eigenvalue weighted by molar-refractivity contribution is -0.155. The summed E-state index contributed by atoms with van der Waals surface area (Å²) in [4.78, 5) is 32.4. The Balaban J connectivity index is 1.33. The molecule has 196 valence electrons. The van der Waals surface area contributed by atoms with Gasteiger partial charge in [-0.1, -0.05) is 0 Å². The first kappa shape index (κ1) is 25.8. The summed E-state index contributed by atoms with van der Waals surface area (Å²) in [6, 6.07) is 6.43. The summed E-state index contributed by atoms with van der Waals surface area (Å²) in [6.45, 7) is 7.97. The SMILES string of the molecule is CC(C)(C)OC(=O)N(OC(=O)NC1CNC1)C1CN(Cc2ccn(-c3ccc(C(F)(F)F)cc3)c2)C1. The molecule has 1 aromatic carbocycles. The van der Waals surface area contributed by atoms with Crippen molar-refractivity contribution in [2.45, 2.75) is 51.2 Å². The molecule has 12 heteroatoms.